The zero-order valence-electron chi connectivity index (χ0n) is 15.8. The number of aromatic amines is 1. The van der Waals surface area contributed by atoms with E-state index < -0.39 is 17.1 Å². The fourth-order valence-electron chi connectivity index (χ4n) is 3.07. The lowest BCUT2D eigenvalue weighted by Gasteiger charge is -1.98. The molecular weight excluding hydrogens is 390 g/mol. The number of rotatable bonds is 4. The highest BCUT2D eigenvalue weighted by atomic mass is 32.1. The van der Waals surface area contributed by atoms with Crippen molar-refractivity contribution >= 4 is 45.5 Å². The van der Waals surface area contributed by atoms with Crippen molar-refractivity contribution in [1.82, 2.24) is 14.4 Å². The standard InChI is InChI=1S/C21H17N3O4S/c1-3-28-20(27)16-12(2)15-17(29-16)23-21-22-14(18(25)24(21)19(15)26)11-7-10-13-8-5-4-6-9-13/h4-11H,3H2,1-2H3,(H,22,23)/b10-7+,14-11-. The summed E-state index contributed by atoms with van der Waals surface area (Å²) < 4.78 is 6.03. The number of hydrogen-bond donors (Lipinski definition) is 1. The Bertz CT molecular complexity index is 1430. The zero-order valence-corrected chi connectivity index (χ0v) is 16.6. The highest BCUT2D eigenvalue weighted by Crippen LogP contribution is 2.27. The number of ether oxygens (including phenoxy) is 1. The van der Waals surface area contributed by atoms with Crippen LogP contribution in [0.1, 0.15) is 27.7 Å². The largest absolute Gasteiger partial charge is 0.462 e. The highest BCUT2D eigenvalue weighted by molar-refractivity contribution is 7.20. The Morgan fingerprint density at radius 3 is 2.72 bits per heavy atom. The Kier molecular flexibility index (Phi) is 4.85. The summed E-state index contributed by atoms with van der Waals surface area (Å²) in [4.78, 5) is 45.8. The molecule has 0 aliphatic heterocycles. The molecule has 4 rings (SSSR count). The van der Waals surface area contributed by atoms with Crippen molar-refractivity contribution in [1.29, 1.82) is 0 Å². The number of fused-ring (bicyclic) bond motifs is 2. The van der Waals surface area contributed by atoms with Gasteiger partial charge < -0.3 is 9.72 Å². The van der Waals surface area contributed by atoms with Gasteiger partial charge in [0.05, 0.1) is 12.0 Å². The van der Waals surface area contributed by atoms with Crippen LogP contribution in [0.4, 0.5) is 0 Å². The van der Waals surface area contributed by atoms with Crippen molar-refractivity contribution in [2.24, 2.45) is 0 Å². The molecule has 0 aliphatic rings. The van der Waals surface area contributed by atoms with Crippen molar-refractivity contribution in [2.75, 3.05) is 6.61 Å². The van der Waals surface area contributed by atoms with E-state index in [0.29, 0.717) is 15.3 Å². The van der Waals surface area contributed by atoms with E-state index in [4.69, 9.17) is 4.74 Å². The number of thiophene rings is 1. The van der Waals surface area contributed by atoms with Crippen LogP contribution in [0.25, 0.3) is 28.1 Å². The van der Waals surface area contributed by atoms with Crippen molar-refractivity contribution < 1.29 is 9.53 Å². The third-order valence-electron chi connectivity index (χ3n) is 4.46. The Balaban J connectivity index is 1.86. The van der Waals surface area contributed by atoms with Gasteiger partial charge in [-0.15, -0.1) is 11.3 Å². The molecule has 0 aliphatic carbocycles. The maximum absolute atomic E-state index is 13.0. The second-order valence-electron chi connectivity index (χ2n) is 6.31. The van der Waals surface area contributed by atoms with Crippen molar-refractivity contribution in [3.05, 3.63) is 78.5 Å². The summed E-state index contributed by atoms with van der Waals surface area (Å²) in [5.74, 6) is -0.355. The third kappa shape index (κ3) is 3.27. The quantitative estimate of drug-likeness (QED) is 0.524. The van der Waals surface area contributed by atoms with Crippen LogP contribution in [-0.4, -0.2) is 26.9 Å². The Morgan fingerprint density at radius 2 is 2.00 bits per heavy atom. The number of H-pyrrole nitrogens is 1. The number of hydrogen-bond acceptors (Lipinski definition) is 6. The summed E-state index contributed by atoms with van der Waals surface area (Å²) in [6.45, 7) is 3.61. The van der Waals surface area contributed by atoms with E-state index in [1.54, 1.807) is 26.0 Å². The van der Waals surface area contributed by atoms with Crippen LogP contribution in [0.15, 0.2) is 46.0 Å². The maximum Gasteiger partial charge on any atom is 0.348 e. The zero-order chi connectivity index (χ0) is 20.5. The van der Waals surface area contributed by atoms with Gasteiger partial charge in [-0.3, -0.25) is 9.59 Å². The van der Waals surface area contributed by atoms with Gasteiger partial charge in [-0.25, -0.2) is 14.2 Å². The number of esters is 1. The van der Waals surface area contributed by atoms with Crippen LogP contribution < -0.4 is 16.5 Å². The first-order valence-electron chi connectivity index (χ1n) is 8.99. The molecule has 3 heterocycles. The number of nitrogens with one attached hydrogen (secondary N) is 1. The van der Waals surface area contributed by atoms with Crippen LogP contribution in [0.3, 0.4) is 0 Å². The summed E-state index contributed by atoms with van der Waals surface area (Å²) in [5, 5.41) is 0.515. The van der Waals surface area contributed by atoms with Crippen LogP contribution in [-0.2, 0) is 4.74 Å². The molecule has 0 radical (unpaired) electrons. The van der Waals surface area contributed by atoms with E-state index in [2.05, 4.69) is 9.97 Å². The minimum Gasteiger partial charge on any atom is -0.462 e. The second-order valence-corrected chi connectivity index (χ2v) is 7.31. The fourth-order valence-corrected chi connectivity index (χ4v) is 4.14. The molecule has 0 spiro atoms. The Morgan fingerprint density at radius 1 is 1.24 bits per heavy atom. The molecule has 29 heavy (non-hydrogen) atoms. The molecule has 0 saturated heterocycles. The molecule has 0 atom stereocenters. The van der Waals surface area contributed by atoms with E-state index >= 15 is 0 Å². The Hall–Kier alpha value is -3.52. The first-order chi connectivity index (χ1) is 14.0. The number of benzene rings is 1. The summed E-state index contributed by atoms with van der Waals surface area (Å²) in [5.41, 5.74) is 0.485. The van der Waals surface area contributed by atoms with Gasteiger partial charge in [0.15, 0.2) is 0 Å². The van der Waals surface area contributed by atoms with Crippen molar-refractivity contribution in [3.63, 3.8) is 0 Å². The lowest BCUT2D eigenvalue weighted by Crippen LogP contribution is -2.31. The van der Waals surface area contributed by atoms with Crippen molar-refractivity contribution in [3.8, 4) is 0 Å². The van der Waals surface area contributed by atoms with Gasteiger partial charge in [-0.1, -0.05) is 42.5 Å². The Labute approximate surface area is 168 Å². The molecule has 1 aromatic carbocycles. The molecule has 0 unspecified atom stereocenters. The van der Waals surface area contributed by atoms with Crippen LogP contribution in [0.2, 0.25) is 0 Å². The number of allylic oxidation sites excluding steroid dienone is 1. The van der Waals surface area contributed by atoms with Gasteiger partial charge in [-0.2, -0.15) is 0 Å². The lowest BCUT2D eigenvalue weighted by molar-refractivity contribution is 0.0531. The molecule has 4 aromatic rings. The molecule has 7 nitrogen and oxygen atoms in total. The van der Waals surface area contributed by atoms with Crippen molar-refractivity contribution in [2.45, 2.75) is 13.8 Å². The van der Waals surface area contributed by atoms with E-state index in [-0.39, 0.29) is 23.1 Å². The first kappa shape index (κ1) is 18.8. The van der Waals surface area contributed by atoms with E-state index in [9.17, 15) is 14.4 Å². The van der Waals surface area contributed by atoms with Gasteiger partial charge in [0.1, 0.15) is 15.1 Å². The van der Waals surface area contributed by atoms with E-state index in [0.717, 1.165) is 21.3 Å². The first-order valence-corrected chi connectivity index (χ1v) is 9.81. The SMILES string of the molecule is CCOC(=O)c1sc2nc3[nH]/c(=C\C=C\c4ccccc4)c(=O)n3c(=O)c2c1C. The number of imidazole rings is 1. The normalized spacial score (nSPS) is 12.4. The summed E-state index contributed by atoms with van der Waals surface area (Å²) in [7, 11) is 0. The average Bonchev–Trinajstić information content (AvgIpc) is 3.20. The molecule has 1 N–H and O–H groups in total. The predicted octanol–water partition coefficient (Wildman–Crippen LogP) is 2.30. The van der Waals surface area contributed by atoms with Crippen LogP contribution >= 0.6 is 11.3 Å². The van der Waals surface area contributed by atoms with Gasteiger partial charge >= 0.3 is 5.97 Å². The molecule has 0 bridgehead atoms. The molecule has 0 amide bonds. The average molecular weight is 407 g/mol. The van der Waals surface area contributed by atoms with E-state index in [1.165, 1.54) is 0 Å². The number of carbonyl (C=O) groups excluding carboxylic acids is 1. The summed E-state index contributed by atoms with van der Waals surface area (Å²) >= 11 is 1.09. The van der Waals surface area contributed by atoms with Crippen LogP contribution in [0.5, 0.6) is 0 Å². The summed E-state index contributed by atoms with van der Waals surface area (Å²) in [6, 6.07) is 9.65. The minimum atomic E-state index is -0.498. The third-order valence-corrected chi connectivity index (χ3v) is 5.62. The molecule has 8 heteroatoms. The molecule has 146 valence electrons. The highest BCUT2D eigenvalue weighted by Gasteiger charge is 2.21. The molecule has 0 fully saturated rings. The van der Waals surface area contributed by atoms with Crippen LogP contribution in [0, 0.1) is 6.92 Å². The fraction of sp³-hybridized carbons (Fsp3) is 0.143. The van der Waals surface area contributed by atoms with Gasteiger partial charge in [0.2, 0.25) is 5.78 Å². The van der Waals surface area contributed by atoms with Gasteiger partial charge in [-0.05, 0) is 31.1 Å². The number of carbonyl (C=O) groups is 1. The number of nitrogens with zero attached hydrogens (tertiary/aromatic N) is 2. The molecule has 3 aromatic heterocycles. The smallest absolute Gasteiger partial charge is 0.348 e. The van der Waals surface area contributed by atoms with E-state index in [1.807, 2.05) is 36.4 Å². The lowest BCUT2D eigenvalue weighted by atomic mass is 10.2. The summed E-state index contributed by atoms with van der Waals surface area (Å²) in [6.07, 6.45) is 5.20. The predicted molar refractivity (Wildman–Crippen MR) is 113 cm³/mol. The molecular formula is C21H17N3O4S. The monoisotopic (exact) mass is 407 g/mol. The number of aromatic nitrogens is 3. The van der Waals surface area contributed by atoms with Gasteiger partial charge in [0, 0.05) is 0 Å². The molecule has 0 saturated carbocycles. The second kappa shape index (κ2) is 7.48. The number of aryl methyl sites for hydroxylation is 1. The van der Waals surface area contributed by atoms with Gasteiger partial charge in [0.25, 0.3) is 11.1 Å². The minimum absolute atomic E-state index is 0.142. The maximum atomic E-state index is 13.0. The topological polar surface area (TPSA) is 93.5 Å².